The van der Waals surface area contributed by atoms with Crippen LogP contribution in [0.2, 0.25) is 0 Å². The summed E-state index contributed by atoms with van der Waals surface area (Å²) in [5.74, 6) is -1.74. The molecule has 3 amide bonds. The number of hydrogen-bond donors (Lipinski definition) is 2. The van der Waals surface area contributed by atoms with E-state index < -0.39 is 17.7 Å². The fourth-order valence-corrected chi connectivity index (χ4v) is 2.68. The Bertz CT molecular complexity index is 912. The molecule has 112 valence electrons. The van der Waals surface area contributed by atoms with Crippen LogP contribution in [0.25, 0.3) is 10.8 Å². The van der Waals surface area contributed by atoms with E-state index in [-0.39, 0.29) is 5.69 Å². The van der Waals surface area contributed by atoms with Gasteiger partial charge < -0.3 is 0 Å². The fraction of sp³-hybridized carbons (Fsp3) is 0. The molecule has 2 N–H and O–H groups in total. The SMILES string of the molecule is O=C(NN1C(=O)c2cccc3cccc(c23)C1=O)c1ccn[nH]1. The molecule has 1 aliphatic rings. The van der Waals surface area contributed by atoms with E-state index >= 15 is 0 Å². The average molecular weight is 306 g/mol. The summed E-state index contributed by atoms with van der Waals surface area (Å²) in [4.78, 5) is 37.3. The molecule has 0 unspecified atom stereocenters. The van der Waals surface area contributed by atoms with Crippen molar-refractivity contribution in [1.29, 1.82) is 0 Å². The molecule has 3 aromatic rings. The third kappa shape index (κ3) is 1.90. The molecule has 0 atom stereocenters. The average Bonchev–Trinajstić information content (AvgIpc) is 3.11. The molecule has 4 rings (SSSR count). The van der Waals surface area contributed by atoms with Gasteiger partial charge in [0.25, 0.3) is 17.7 Å². The van der Waals surface area contributed by atoms with Crippen molar-refractivity contribution in [3.05, 3.63) is 65.5 Å². The van der Waals surface area contributed by atoms with Gasteiger partial charge in [-0.25, -0.2) is 0 Å². The third-order valence-corrected chi connectivity index (χ3v) is 3.73. The van der Waals surface area contributed by atoms with E-state index in [0.29, 0.717) is 16.5 Å². The van der Waals surface area contributed by atoms with E-state index in [4.69, 9.17) is 0 Å². The number of amides is 3. The maximum absolute atomic E-state index is 12.6. The molecule has 1 aliphatic heterocycles. The lowest BCUT2D eigenvalue weighted by Crippen LogP contribution is -2.51. The minimum atomic E-state index is -0.615. The normalized spacial score (nSPS) is 13.5. The van der Waals surface area contributed by atoms with Crippen molar-refractivity contribution in [2.75, 3.05) is 0 Å². The number of imide groups is 1. The third-order valence-electron chi connectivity index (χ3n) is 3.73. The summed E-state index contributed by atoms with van der Waals surface area (Å²) in [7, 11) is 0. The highest BCUT2D eigenvalue weighted by molar-refractivity contribution is 6.25. The Labute approximate surface area is 129 Å². The summed E-state index contributed by atoms with van der Waals surface area (Å²) >= 11 is 0. The van der Waals surface area contributed by atoms with Gasteiger partial charge in [0, 0.05) is 11.6 Å². The van der Waals surface area contributed by atoms with Crippen LogP contribution in [0.4, 0.5) is 0 Å². The number of H-pyrrole nitrogens is 1. The number of benzene rings is 2. The first kappa shape index (κ1) is 13.2. The standard InChI is InChI=1S/C16H10N4O3/c21-14(12-7-8-17-18-12)19-20-15(22)10-5-1-3-9-4-2-6-11(13(9)10)16(20)23/h1-8H,(H,17,18)(H,19,21). The predicted molar refractivity (Wildman–Crippen MR) is 80.5 cm³/mol. The zero-order valence-corrected chi connectivity index (χ0v) is 11.7. The van der Waals surface area contributed by atoms with Crippen molar-refractivity contribution in [2.45, 2.75) is 0 Å². The molecule has 7 nitrogen and oxygen atoms in total. The van der Waals surface area contributed by atoms with Crippen molar-refractivity contribution in [2.24, 2.45) is 0 Å². The summed E-state index contributed by atoms with van der Waals surface area (Å²) in [5.41, 5.74) is 3.24. The van der Waals surface area contributed by atoms with Gasteiger partial charge >= 0.3 is 0 Å². The molecule has 0 aliphatic carbocycles. The van der Waals surface area contributed by atoms with Crippen LogP contribution in [0.5, 0.6) is 0 Å². The number of aromatic nitrogens is 2. The zero-order chi connectivity index (χ0) is 16.0. The molecular weight excluding hydrogens is 296 g/mol. The molecule has 2 heterocycles. The van der Waals surface area contributed by atoms with Crippen molar-refractivity contribution in [3.8, 4) is 0 Å². The van der Waals surface area contributed by atoms with Crippen LogP contribution in [0.3, 0.4) is 0 Å². The van der Waals surface area contributed by atoms with Crippen LogP contribution in [0.1, 0.15) is 31.2 Å². The Kier molecular flexibility index (Phi) is 2.74. The second kappa shape index (κ2) is 4.77. The topological polar surface area (TPSA) is 95.2 Å². The number of hydrogen-bond acceptors (Lipinski definition) is 4. The molecule has 7 heteroatoms. The van der Waals surface area contributed by atoms with Gasteiger partial charge in [0.1, 0.15) is 5.69 Å². The smallest absolute Gasteiger partial charge is 0.273 e. The number of nitrogens with zero attached hydrogens (tertiary/aromatic N) is 2. The fourth-order valence-electron chi connectivity index (χ4n) is 2.68. The predicted octanol–water partition coefficient (Wildman–Crippen LogP) is 1.50. The highest BCUT2D eigenvalue weighted by Gasteiger charge is 2.34. The van der Waals surface area contributed by atoms with Gasteiger partial charge in [-0.1, -0.05) is 24.3 Å². The van der Waals surface area contributed by atoms with Gasteiger partial charge in [-0.15, -0.1) is 0 Å². The maximum atomic E-state index is 12.6. The van der Waals surface area contributed by atoms with E-state index in [1.807, 2.05) is 12.1 Å². The Morgan fingerprint density at radius 3 is 2.22 bits per heavy atom. The molecule has 1 aromatic heterocycles. The summed E-state index contributed by atoms with van der Waals surface area (Å²) in [6.07, 6.45) is 1.41. The van der Waals surface area contributed by atoms with Crippen LogP contribution in [0, 0.1) is 0 Å². The first-order chi connectivity index (χ1) is 11.2. The van der Waals surface area contributed by atoms with E-state index in [0.717, 1.165) is 10.4 Å². The summed E-state index contributed by atoms with van der Waals surface area (Å²) < 4.78 is 0. The van der Waals surface area contributed by atoms with Crippen LogP contribution in [-0.4, -0.2) is 32.9 Å². The van der Waals surface area contributed by atoms with Crippen molar-refractivity contribution >= 4 is 28.5 Å². The molecule has 2 aromatic carbocycles. The molecule has 0 spiro atoms. The van der Waals surface area contributed by atoms with Gasteiger partial charge in [0.15, 0.2) is 0 Å². The van der Waals surface area contributed by atoms with Gasteiger partial charge in [-0.05, 0) is 23.6 Å². The Morgan fingerprint density at radius 1 is 1.00 bits per heavy atom. The minimum Gasteiger partial charge on any atom is -0.273 e. The Morgan fingerprint density at radius 2 is 1.65 bits per heavy atom. The van der Waals surface area contributed by atoms with Crippen molar-refractivity contribution < 1.29 is 14.4 Å². The molecule has 0 fully saturated rings. The highest BCUT2D eigenvalue weighted by Crippen LogP contribution is 2.29. The molecule has 23 heavy (non-hydrogen) atoms. The van der Waals surface area contributed by atoms with Crippen molar-refractivity contribution in [1.82, 2.24) is 20.6 Å². The molecule has 0 saturated heterocycles. The highest BCUT2D eigenvalue weighted by atomic mass is 16.2. The summed E-state index contributed by atoms with van der Waals surface area (Å²) in [5, 5.41) is 8.30. The lowest BCUT2D eigenvalue weighted by Gasteiger charge is -2.26. The lowest BCUT2D eigenvalue weighted by atomic mass is 9.95. The largest absolute Gasteiger partial charge is 0.288 e. The summed E-state index contributed by atoms with van der Waals surface area (Å²) in [6, 6.07) is 11.9. The van der Waals surface area contributed by atoms with E-state index in [1.165, 1.54) is 12.3 Å². The van der Waals surface area contributed by atoms with Crippen LogP contribution in [-0.2, 0) is 0 Å². The first-order valence-electron chi connectivity index (χ1n) is 6.88. The van der Waals surface area contributed by atoms with Crippen LogP contribution < -0.4 is 5.43 Å². The number of hydrazine groups is 1. The van der Waals surface area contributed by atoms with Crippen LogP contribution >= 0.6 is 0 Å². The number of aromatic amines is 1. The van der Waals surface area contributed by atoms with Gasteiger partial charge in [-0.2, -0.15) is 10.1 Å². The number of carbonyl (C=O) groups is 3. The maximum Gasteiger partial charge on any atom is 0.288 e. The molecule has 0 bridgehead atoms. The van der Waals surface area contributed by atoms with Crippen molar-refractivity contribution in [3.63, 3.8) is 0 Å². The molecule has 0 radical (unpaired) electrons. The van der Waals surface area contributed by atoms with E-state index in [2.05, 4.69) is 15.6 Å². The first-order valence-corrected chi connectivity index (χ1v) is 6.88. The quantitative estimate of drug-likeness (QED) is 0.701. The van der Waals surface area contributed by atoms with E-state index in [1.54, 1.807) is 24.3 Å². The van der Waals surface area contributed by atoms with Gasteiger partial charge in [-0.3, -0.25) is 24.9 Å². The van der Waals surface area contributed by atoms with Gasteiger partial charge in [0.05, 0.1) is 11.1 Å². The monoisotopic (exact) mass is 306 g/mol. The number of nitrogens with one attached hydrogen (secondary N) is 2. The Hall–Kier alpha value is -3.48. The Balaban J connectivity index is 1.79. The molecule has 0 saturated carbocycles. The second-order valence-electron chi connectivity index (χ2n) is 5.07. The minimum absolute atomic E-state index is 0.155. The number of carbonyl (C=O) groups excluding carboxylic acids is 3. The summed E-state index contributed by atoms with van der Waals surface area (Å²) in [6.45, 7) is 0. The van der Waals surface area contributed by atoms with Crippen LogP contribution in [0.15, 0.2) is 48.7 Å². The zero-order valence-electron chi connectivity index (χ0n) is 11.7. The lowest BCUT2D eigenvalue weighted by molar-refractivity contribution is 0.0477. The molecular formula is C16H10N4O3. The second-order valence-corrected chi connectivity index (χ2v) is 5.07. The van der Waals surface area contributed by atoms with Gasteiger partial charge in [0.2, 0.25) is 0 Å². The number of rotatable bonds is 2. The van der Waals surface area contributed by atoms with E-state index in [9.17, 15) is 14.4 Å².